The molecule has 0 saturated heterocycles. The molecule has 4 rings (SSSR count). The Morgan fingerprint density at radius 1 is 0.837 bits per heavy atom. The third-order valence-corrected chi connectivity index (χ3v) is 6.74. The first-order valence-electron chi connectivity index (χ1n) is 14.2. The number of hydrogen-bond donors (Lipinski definition) is 0. The maximum absolute atomic E-state index is 13.5. The molecule has 224 valence electrons. The monoisotopic (exact) mass is 580 g/mol. The van der Waals surface area contributed by atoms with Crippen LogP contribution in [0.1, 0.15) is 42.3 Å². The first kappa shape index (κ1) is 31.2. The normalized spacial score (nSPS) is 11.6. The molecule has 0 atom stereocenters. The van der Waals surface area contributed by atoms with Gasteiger partial charge in [-0.1, -0.05) is 66.7 Å². The van der Waals surface area contributed by atoms with Crippen molar-refractivity contribution in [1.82, 2.24) is 4.90 Å². The molecule has 0 fully saturated rings. The molecule has 0 aliphatic heterocycles. The van der Waals surface area contributed by atoms with Crippen molar-refractivity contribution in [3.8, 4) is 5.75 Å². The van der Waals surface area contributed by atoms with E-state index in [0.717, 1.165) is 38.9 Å². The Bertz CT molecular complexity index is 1560. The molecule has 1 amide bonds. The predicted octanol–water partition coefficient (Wildman–Crippen LogP) is 7.59. The van der Waals surface area contributed by atoms with E-state index < -0.39 is 17.7 Å². The Hall–Kier alpha value is -4.78. The molecule has 0 bridgehead atoms. The molecule has 7 nitrogen and oxygen atoms in total. The van der Waals surface area contributed by atoms with Crippen molar-refractivity contribution in [2.24, 2.45) is 0 Å². The van der Waals surface area contributed by atoms with Crippen LogP contribution in [0.25, 0.3) is 16.8 Å². The predicted molar refractivity (Wildman–Crippen MR) is 173 cm³/mol. The van der Waals surface area contributed by atoms with Crippen molar-refractivity contribution in [1.29, 1.82) is 0 Å². The molecule has 0 heterocycles. The third-order valence-electron chi connectivity index (χ3n) is 6.74. The molecule has 4 aromatic carbocycles. The number of carbonyl (C=O) groups is 2. The van der Waals surface area contributed by atoms with Gasteiger partial charge in [-0.3, -0.25) is 4.90 Å². The molecule has 4 aromatic rings. The maximum atomic E-state index is 13.5. The second-order valence-corrected chi connectivity index (χ2v) is 11.6. The van der Waals surface area contributed by atoms with Crippen LogP contribution in [0.15, 0.2) is 96.6 Å². The average molecular weight is 581 g/mol. The summed E-state index contributed by atoms with van der Waals surface area (Å²) < 4.78 is 17.0. The van der Waals surface area contributed by atoms with Crippen molar-refractivity contribution in [3.63, 3.8) is 0 Å². The number of nitrogens with zero attached hydrogens (tertiary/aromatic N) is 2. The van der Waals surface area contributed by atoms with E-state index in [1.165, 1.54) is 7.11 Å². The first-order valence-corrected chi connectivity index (χ1v) is 14.2. The smallest absolute Gasteiger partial charge is 0.410 e. The summed E-state index contributed by atoms with van der Waals surface area (Å²) in [5.74, 6) is 0.361. The average Bonchev–Trinajstić information content (AvgIpc) is 2.98. The van der Waals surface area contributed by atoms with Crippen LogP contribution in [0.5, 0.6) is 5.75 Å². The molecule has 0 aromatic heterocycles. The zero-order chi connectivity index (χ0) is 31.0. The summed E-state index contributed by atoms with van der Waals surface area (Å²) in [7, 11) is 5.34. The summed E-state index contributed by atoms with van der Waals surface area (Å²) in [5, 5.41) is 2.09. The van der Waals surface area contributed by atoms with Crippen LogP contribution in [0.4, 0.5) is 10.5 Å². The van der Waals surface area contributed by atoms with Gasteiger partial charge in [0.05, 0.1) is 12.7 Å². The highest BCUT2D eigenvalue weighted by molar-refractivity contribution is 5.89. The van der Waals surface area contributed by atoms with Gasteiger partial charge < -0.3 is 19.1 Å². The second kappa shape index (κ2) is 13.9. The number of rotatable bonds is 10. The lowest BCUT2D eigenvalue weighted by molar-refractivity contribution is 0.0248. The van der Waals surface area contributed by atoms with Crippen LogP contribution in [-0.2, 0) is 16.0 Å². The van der Waals surface area contributed by atoms with Gasteiger partial charge in [-0.15, -0.1) is 0 Å². The Kier molecular flexibility index (Phi) is 10.1. The quantitative estimate of drug-likeness (QED) is 0.180. The molecule has 0 aliphatic carbocycles. The summed E-state index contributed by atoms with van der Waals surface area (Å²) in [4.78, 5) is 29.2. The van der Waals surface area contributed by atoms with Crippen LogP contribution in [0.3, 0.4) is 0 Å². The minimum Gasteiger partial charge on any atom is -0.489 e. The summed E-state index contributed by atoms with van der Waals surface area (Å²) in [5.41, 5.74) is 3.58. The summed E-state index contributed by atoms with van der Waals surface area (Å²) in [6, 6.07) is 29.3. The SMILES string of the molecule is COC(=O)c1ccc(/C=C(\COc2cccc3ccccc23)CN(Cc2ccc(N(C)C)cc2)C(=O)OC(C)(C)C)cc1. The number of carbonyl (C=O) groups excluding carboxylic acids is 2. The number of hydrogen-bond acceptors (Lipinski definition) is 6. The van der Waals surface area contributed by atoms with E-state index in [2.05, 4.69) is 0 Å². The number of methoxy groups -OCH3 is 1. The van der Waals surface area contributed by atoms with Gasteiger partial charge in [0.25, 0.3) is 0 Å². The van der Waals surface area contributed by atoms with Gasteiger partial charge >= 0.3 is 12.1 Å². The van der Waals surface area contributed by atoms with Gasteiger partial charge in [0.2, 0.25) is 0 Å². The number of fused-ring (bicyclic) bond motifs is 1. The topological polar surface area (TPSA) is 68.3 Å². The van der Waals surface area contributed by atoms with E-state index in [-0.39, 0.29) is 13.2 Å². The van der Waals surface area contributed by atoms with Gasteiger partial charge in [0, 0.05) is 38.3 Å². The number of benzene rings is 4. The zero-order valence-electron chi connectivity index (χ0n) is 25.8. The van der Waals surface area contributed by atoms with Crippen molar-refractivity contribution in [2.45, 2.75) is 32.9 Å². The van der Waals surface area contributed by atoms with Crippen molar-refractivity contribution >= 4 is 34.6 Å². The van der Waals surface area contributed by atoms with E-state index in [1.54, 1.807) is 17.0 Å². The molecule has 0 unspecified atom stereocenters. The maximum Gasteiger partial charge on any atom is 0.410 e. The molecule has 0 radical (unpaired) electrons. The Morgan fingerprint density at radius 2 is 1.51 bits per heavy atom. The summed E-state index contributed by atoms with van der Waals surface area (Å²) in [6.07, 6.45) is 1.57. The molecule has 0 N–H and O–H groups in total. The van der Waals surface area contributed by atoms with E-state index >= 15 is 0 Å². The standard InChI is InChI=1S/C36H40N2O5/c1-36(2,3)43-35(40)38(23-27-16-20-31(21-17-27)37(4)5)24-28(22-26-14-18-30(19-15-26)34(39)41-6)25-42-33-13-9-11-29-10-7-8-12-32(29)33/h7-22H,23-25H2,1-6H3/b28-22-. The molecule has 7 heteroatoms. The largest absolute Gasteiger partial charge is 0.489 e. The van der Waals surface area contributed by atoms with Gasteiger partial charge in [0.1, 0.15) is 18.0 Å². The fourth-order valence-corrected chi connectivity index (χ4v) is 4.57. The minimum absolute atomic E-state index is 0.242. The lowest BCUT2D eigenvalue weighted by Gasteiger charge is -2.28. The molecular weight excluding hydrogens is 540 g/mol. The molecule has 0 saturated carbocycles. The summed E-state index contributed by atoms with van der Waals surface area (Å²) in [6.45, 7) is 6.45. The van der Waals surface area contributed by atoms with Crippen LogP contribution >= 0.6 is 0 Å². The molecular formula is C36H40N2O5. The lowest BCUT2D eigenvalue weighted by atomic mass is 10.1. The van der Waals surface area contributed by atoms with Gasteiger partial charge in [-0.25, -0.2) is 9.59 Å². The highest BCUT2D eigenvalue weighted by atomic mass is 16.6. The van der Waals surface area contributed by atoms with Crippen LogP contribution in [0.2, 0.25) is 0 Å². The van der Waals surface area contributed by atoms with Crippen molar-refractivity contribution in [2.75, 3.05) is 39.3 Å². The third kappa shape index (κ3) is 8.85. The first-order chi connectivity index (χ1) is 20.5. The van der Waals surface area contributed by atoms with Crippen LogP contribution in [0, 0.1) is 0 Å². The number of ether oxygens (including phenoxy) is 3. The molecule has 0 spiro atoms. The van der Waals surface area contributed by atoms with Crippen LogP contribution in [-0.4, -0.2) is 56.9 Å². The fourth-order valence-electron chi connectivity index (χ4n) is 4.57. The number of anilines is 1. The minimum atomic E-state index is -0.656. The zero-order valence-corrected chi connectivity index (χ0v) is 25.8. The number of amides is 1. The van der Waals surface area contributed by atoms with Crippen LogP contribution < -0.4 is 9.64 Å². The lowest BCUT2D eigenvalue weighted by Crippen LogP contribution is -2.38. The highest BCUT2D eigenvalue weighted by Crippen LogP contribution is 2.26. The van der Waals surface area contributed by atoms with Gasteiger partial charge in [-0.05, 0) is 73.2 Å². The van der Waals surface area contributed by atoms with E-state index in [0.29, 0.717) is 12.1 Å². The van der Waals surface area contributed by atoms with Crippen molar-refractivity contribution < 1.29 is 23.8 Å². The van der Waals surface area contributed by atoms with Gasteiger partial charge in [-0.2, -0.15) is 0 Å². The van der Waals surface area contributed by atoms with E-state index in [9.17, 15) is 9.59 Å². The number of esters is 1. The van der Waals surface area contributed by atoms with Crippen molar-refractivity contribution in [3.05, 3.63) is 113 Å². The van der Waals surface area contributed by atoms with Gasteiger partial charge in [0.15, 0.2) is 0 Å². The van der Waals surface area contributed by atoms with E-state index in [1.807, 2.05) is 125 Å². The highest BCUT2D eigenvalue weighted by Gasteiger charge is 2.24. The second-order valence-electron chi connectivity index (χ2n) is 11.6. The molecule has 0 aliphatic rings. The molecule has 43 heavy (non-hydrogen) atoms. The Labute approximate surface area is 254 Å². The Morgan fingerprint density at radius 3 is 2.16 bits per heavy atom. The van der Waals surface area contributed by atoms with E-state index in [4.69, 9.17) is 14.2 Å². The Balaban J connectivity index is 1.66. The fraction of sp³-hybridized carbons (Fsp3) is 0.278. The summed E-state index contributed by atoms with van der Waals surface area (Å²) >= 11 is 0.